The quantitative estimate of drug-likeness (QED) is 0.930. The number of hydrogen-bond acceptors (Lipinski definition) is 3. The molecule has 106 valence electrons. The van der Waals surface area contributed by atoms with Crippen LogP contribution in [0.3, 0.4) is 0 Å². The zero-order chi connectivity index (χ0) is 14.9. The summed E-state index contributed by atoms with van der Waals surface area (Å²) in [4.78, 5) is 17.0. The third kappa shape index (κ3) is 2.87. The number of nitrogens with zero attached hydrogens (tertiary/aromatic N) is 2. The molecule has 5 heteroatoms. The SMILES string of the molecule is Cc1cc(N(C)C)c2cc(CCC(N)=O)cc(F)c2n1. The number of pyridine rings is 1. The topological polar surface area (TPSA) is 59.2 Å². The molecule has 4 nitrogen and oxygen atoms in total. The minimum Gasteiger partial charge on any atom is -0.377 e. The normalized spacial score (nSPS) is 10.8. The number of nitrogens with two attached hydrogens (primary N) is 1. The van der Waals surface area contributed by atoms with Crippen molar-refractivity contribution in [1.82, 2.24) is 4.98 Å². The number of aryl methyl sites for hydroxylation is 2. The summed E-state index contributed by atoms with van der Waals surface area (Å²) in [7, 11) is 3.81. The number of carbonyl (C=O) groups excluding carboxylic acids is 1. The first-order chi connectivity index (χ1) is 9.38. The van der Waals surface area contributed by atoms with Gasteiger partial charge in [0.05, 0.1) is 0 Å². The lowest BCUT2D eigenvalue weighted by molar-refractivity contribution is -0.117. The van der Waals surface area contributed by atoms with Crippen molar-refractivity contribution >= 4 is 22.5 Å². The summed E-state index contributed by atoms with van der Waals surface area (Å²) in [6.07, 6.45) is 0.643. The Hall–Kier alpha value is -2.17. The predicted octanol–water partition coefficient (Wildman–Crippen LogP) is 2.17. The number of halogens is 1. The average molecular weight is 275 g/mol. The number of benzene rings is 1. The van der Waals surface area contributed by atoms with E-state index in [4.69, 9.17) is 5.73 Å². The van der Waals surface area contributed by atoms with E-state index in [1.54, 1.807) is 0 Å². The monoisotopic (exact) mass is 275 g/mol. The van der Waals surface area contributed by atoms with Gasteiger partial charge >= 0.3 is 0 Å². The maximum absolute atomic E-state index is 14.2. The van der Waals surface area contributed by atoms with Gasteiger partial charge in [0.15, 0.2) is 0 Å². The second kappa shape index (κ2) is 5.45. The number of rotatable bonds is 4. The summed E-state index contributed by atoms with van der Waals surface area (Å²) in [6, 6.07) is 5.22. The van der Waals surface area contributed by atoms with Crippen molar-refractivity contribution in [2.24, 2.45) is 5.73 Å². The van der Waals surface area contributed by atoms with E-state index in [0.717, 1.165) is 22.3 Å². The third-order valence-electron chi connectivity index (χ3n) is 3.17. The van der Waals surface area contributed by atoms with Gasteiger partial charge < -0.3 is 10.6 Å². The van der Waals surface area contributed by atoms with Crippen LogP contribution in [0.15, 0.2) is 18.2 Å². The van der Waals surface area contributed by atoms with E-state index in [2.05, 4.69) is 4.98 Å². The first-order valence-electron chi connectivity index (χ1n) is 6.44. The molecular weight excluding hydrogens is 257 g/mol. The highest BCUT2D eigenvalue weighted by atomic mass is 19.1. The molecule has 2 aromatic rings. The van der Waals surface area contributed by atoms with Crippen LogP contribution in [0.2, 0.25) is 0 Å². The van der Waals surface area contributed by atoms with Gasteiger partial charge in [0.1, 0.15) is 11.3 Å². The Morgan fingerprint density at radius 3 is 2.65 bits per heavy atom. The molecule has 2 N–H and O–H groups in total. The van der Waals surface area contributed by atoms with Crippen LogP contribution in [0.1, 0.15) is 17.7 Å². The fourth-order valence-corrected chi connectivity index (χ4v) is 2.23. The Morgan fingerprint density at radius 2 is 2.05 bits per heavy atom. The summed E-state index contributed by atoms with van der Waals surface area (Å²) in [6.45, 7) is 1.84. The standard InChI is InChI=1S/C15H18FN3O/c1-9-6-13(19(2)3)11-7-10(4-5-14(17)20)8-12(16)15(11)18-9/h6-8H,4-5H2,1-3H3,(H2,17,20). The molecule has 2 rings (SSSR count). The molecule has 0 saturated carbocycles. The van der Waals surface area contributed by atoms with Crippen LogP contribution in [0, 0.1) is 12.7 Å². The molecule has 1 aromatic carbocycles. The average Bonchev–Trinajstić information content (AvgIpc) is 2.36. The van der Waals surface area contributed by atoms with Crippen molar-refractivity contribution in [2.75, 3.05) is 19.0 Å². The fraction of sp³-hybridized carbons (Fsp3) is 0.333. The molecule has 0 fully saturated rings. The molecule has 20 heavy (non-hydrogen) atoms. The molecule has 0 unspecified atom stereocenters. The first kappa shape index (κ1) is 14.2. The van der Waals surface area contributed by atoms with Crippen LogP contribution in [-0.4, -0.2) is 25.0 Å². The number of fused-ring (bicyclic) bond motifs is 1. The van der Waals surface area contributed by atoms with Gasteiger partial charge in [-0.25, -0.2) is 9.37 Å². The van der Waals surface area contributed by atoms with Gasteiger partial charge in [-0.3, -0.25) is 4.79 Å². The van der Waals surface area contributed by atoms with E-state index >= 15 is 0 Å². The van der Waals surface area contributed by atoms with E-state index in [1.807, 2.05) is 38.1 Å². The molecule has 0 spiro atoms. The Balaban J connectivity index is 2.59. The van der Waals surface area contributed by atoms with Crippen LogP contribution >= 0.6 is 0 Å². The van der Waals surface area contributed by atoms with Crippen molar-refractivity contribution in [3.63, 3.8) is 0 Å². The Kier molecular flexibility index (Phi) is 3.88. The molecule has 0 radical (unpaired) electrons. The molecule has 1 amide bonds. The molecule has 1 aromatic heterocycles. The summed E-state index contributed by atoms with van der Waals surface area (Å²) < 4.78 is 14.2. The van der Waals surface area contributed by atoms with Gasteiger partial charge in [0.25, 0.3) is 0 Å². The van der Waals surface area contributed by atoms with Gasteiger partial charge in [0, 0.05) is 37.3 Å². The zero-order valence-corrected chi connectivity index (χ0v) is 11.9. The molecule has 0 aliphatic rings. The molecule has 0 atom stereocenters. The predicted molar refractivity (Wildman–Crippen MR) is 78.3 cm³/mol. The summed E-state index contributed by atoms with van der Waals surface area (Å²) in [5.41, 5.74) is 7.92. The van der Waals surface area contributed by atoms with Crippen LogP contribution in [-0.2, 0) is 11.2 Å². The molecule has 0 bridgehead atoms. The number of primary amides is 1. The zero-order valence-electron chi connectivity index (χ0n) is 11.9. The molecule has 1 heterocycles. The molecule has 0 saturated heterocycles. The maximum atomic E-state index is 14.2. The highest BCUT2D eigenvalue weighted by Gasteiger charge is 2.12. The minimum absolute atomic E-state index is 0.210. The number of hydrogen-bond donors (Lipinski definition) is 1. The lowest BCUT2D eigenvalue weighted by atomic mass is 10.0. The molecule has 0 aliphatic heterocycles. The van der Waals surface area contributed by atoms with Gasteiger partial charge in [-0.1, -0.05) is 0 Å². The highest BCUT2D eigenvalue weighted by molar-refractivity contribution is 5.92. The van der Waals surface area contributed by atoms with E-state index in [-0.39, 0.29) is 18.1 Å². The van der Waals surface area contributed by atoms with E-state index in [1.165, 1.54) is 6.07 Å². The van der Waals surface area contributed by atoms with Crippen molar-refractivity contribution < 1.29 is 9.18 Å². The third-order valence-corrected chi connectivity index (χ3v) is 3.17. The van der Waals surface area contributed by atoms with Gasteiger partial charge in [-0.15, -0.1) is 0 Å². The number of carbonyl (C=O) groups is 1. The Morgan fingerprint density at radius 1 is 1.35 bits per heavy atom. The minimum atomic E-state index is -0.389. The van der Waals surface area contributed by atoms with Gasteiger partial charge in [-0.2, -0.15) is 0 Å². The molecular formula is C15H18FN3O. The number of aromatic nitrogens is 1. The van der Waals surface area contributed by atoms with E-state index in [0.29, 0.717) is 11.9 Å². The van der Waals surface area contributed by atoms with Crippen molar-refractivity contribution in [2.45, 2.75) is 19.8 Å². The van der Waals surface area contributed by atoms with Crippen LogP contribution in [0.5, 0.6) is 0 Å². The summed E-state index contributed by atoms with van der Waals surface area (Å²) >= 11 is 0. The Bertz CT molecular complexity index is 668. The first-order valence-corrected chi connectivity index (χ1v) is 6.44. The van der Waals surface area contributed by atoms with Crippen molar-refractivity contribution in [1.29, 1.82) is 0 Å². The van der Waals surface area contributed by atoms with Gasteiger partial charge in [-0.05, 0) is 37.1 Å². The lowest BCUT2D eigenvalue weighted by Crippen LogP contribution is -2.12. The van der Waals surface area contributed by atoms with Crippen molar-refractivity contribution in [3.8, 4) is 0 Å². The van der Waals surface area contributed by atoms with Gasteiger partial charge in [0.2, 0.25) is 5.91 Å². The second-order valence-electron chi connectivity index (χ2n) is 5.12. The van der Waals surface area contributed by atoms with E-state index in [9.17, 15) is 9.18 Å². The van der Waals surface area contributed by atoms with Crippen LogP contribution in [0.4, 0.5) is 10.1 Å². The number of anilines is 1. The van der Waals surface area contributed by atoms with Crippen LogP contribution in [0.25, 0.3) is 10.9 Å². The summed E-state index contributed by atoms with van der Waals surface area (Å²) in [5, 5.41) is 0.750. The molecule has 0 aliphatic carbocycles. The van der Waals surface area contributed by atoms with E-state index < -0.39 is 0 Å². The smallest absolute Gasteiger partial charge is 0.217 e. The lowest BCUT2D eigenvalue weighted by Gasteiger charge is -2.17. The maximum Gasteiger partial charge on any atom is 0.217 e. The Labute approximate surface area is 117 Å². The fourth-order valence-electron chi connectivity index (χ4n) is 2.23. The highest BCUT2D eigenvalue weighted by Crippen LogP contribution is 2.28. The number of amides is 1. The van der Waals surface area contributed by atoms with Crippen molar-refractivity contribution in [3.05, 3.63) is 35.3 Å². The largest absolute Gasteiger partial charge is 0.377 e. The summed E-state index contributed by atoms with van der Waals surface area (Å²) in [5.74, 6) is -0.755. The van der Waals surface area contributed by atoms with Crippen LogP contribution < -0.4 is 10.6 Å². The second-order valence-corrected chi connectivity index (χ2v) is 5.12.